The summed E-state index contributed by atoms with van der Waals surface area (Å²) >= 11 is 0. The summed E-state index contributed by atoms with van der Waals surface area (Å²) in [4.78, 5) is 40.1. The van der Waals surface area contributed by atoms with Gasteiger partial charge in [0.1, 0.15) is 18.4 Å². The van der Waals surface area contributed by atoms with Crippen LogP contribution < -0.4 is 15.4 Å². The number of Topliss-reactive ketones (excluding diaryl/α,β-unsaturated/α-hetero) is 1. The van der Waals surface area contributed by atoms with Gasteiger partial charge in [-0.25, -0.2) is 4.79 Å². The molecule has 0 radical (unpaired) electrons. The molecule has 32 heavy (non-hydrogen) atoms. The van der Waals surface area contributed by atoms with Crippen LogP contribution in [0.1, 0.15) is 32.3 Å². The number of ketones is 1. The maximum atomic E-state index is 13.3. The summed E-state index contributed by atoms with van der Waals surface area (Å²) in [6.45, 7) is 4.54. The van der Waals surface area contributed by atoms with Crippen molar-refractivity contribution in [2.75, 3.05) is 13.2 Å². The van der Waals surface area contributed by atoms with Crippen molar-refractivity contribution >= 4 is 17.7 Å². The number of nitrogens with one attached hydrogen (secondary N) is 2. The van der Waals surface area contributed by atoms with Crippen LogP contribution >= 0.6 is 0 Å². The monoisotopic (exact) mass is 437 g/mol. The normalized spacial score (nSPS) is 16.5. The lowest BCUT2D eigenvalue weighted by Crippen LogP contribution is -2.55. The van der Waals surface area contributed by atoms with E-state index in [0.717, 1.165) is 12.0 Å². The van der Waals surface area contributed by atoms with Gasteiger partial charge in [-0.2, -0.15) is 0 Å². The summed E-state index contributed by atoms with van der Waals surface area (Å²) in [5, 5.41) is 5.59. The number of likely N-dealkylation sites (tertiary alicyclic amines) is 1. The Kier molecular flexibility index (Phi) is 8.25. The Morgan fingerprint density at radius 3 is 2.34 bits per heavy atom. The first kappa shape index (κ1) is 23.3. The van der Waals surface area contributed by atoms with E-state index in [0.29, 0.717) is 25.3 Å². The number of amides is 3. The molecule has 0 aromatic heterocycles. The molecular formula is C25H31N3O4. The Labute approximate surface area is 189 Å². The topological polar surface area (TPSA) is 87.7 Å². The maximum absolute atomic E-state index is 13.3. The lowest BCUT2D eigenvalue weighted by Gasteiger charge is -2.30. The van der Waals surface area contributed by atoms with E-state index in [9.17, 15) is 14.4 Å². The van der Waals surface area contributed by atoms with Crippen molar-refractivity contribution in [1.29, 1.82) is 0 Å². The van der Waals surface area contributed by atoms with E-state index >= 15 is 0 Å². The first-order valence-corrected chi connectivity index (χ1v) is 11.0. The molecule has 0 spiro atoms. The number of carbonyl (C=O) groups excluding carboxylic acids is 3. The Bertz CT molecular complexity index is 898. The quantitative estimate of drug-likeness (QED) is 0.631. The van der Waals surface area contributed by atoms with Crippen molar-refractivity contribution in [3.8, 4) is 5.75 Å². The number of para-hydroxylation sites is 1. The van der Waals surface area contributed by atoms with Gasteiger partial charge in [0.25, 0.3) is 0 Å². The molecular weight excluding hydrogens is 406 g/mol. The molecule has 0 bridgehead atoms. The highest BCUT2D eigenvalue weighted by atomic mass is 16.5. The second-order valence-corrected chi connectivity index (χ2v) is 8.29. The number of carbonyl (C=O) groups is 3. The van der Waals surface area contributed by atoms with E-state index in [4.69, 9.17) is 4.74 Å². The minimum absolute atomic E-state index is 0.0875. The summed E-state index contributed by atoms with van der Waals surface area (Å²) in [6.07, 6.45) is 1.35. The highest BCUT2D eigenvalue weighted by molar-refractivity contribution is 5.93. The molecule has 1 heterocycles. The molecule has 0 aliphatic carbocycles. The van der Waals surface area contributed by atoms with Crippen LogP contribution in [0.5, 0.6) is 5.75 Å². The van der Waals surface area contributed by atoms with E-state index < -0.39 is 18.1 Å². The molecule has 2 N–H and O–H groups in total. The van der Waals surface area contributed by atoms with E-state index in [1.54, 1.807) is 17.0 Å². The minimum atomic E-state index is -0.714. The Balaban J connectivity index is 1.57. The van der Waals surface area contributed by atoms with Crippen LogP contribution in [-0.2, 0) is 16.1 Å². The molecule has 7 heteroatoms. The fraction of sp³-hybridized carbons (Fsp3) is 0.400. The Morgan fingerprint density at radius 2 is 1.69 bits per heavy atom. The summed E-state index contributed by atoms with van der Waals surface area (Å²) in [7, 11) is 0. The predicted octanol–water partition coefficient (Wildman–Crippen LogP) is 3.15. The smallest absolute Gasteiger partial charge is 0.315 e. The molecule has 0 saturated carbocycles. The summed E-state index contributed by atoms with van der Waals surface area (Å²) in [6, 6.07) is 17.0. The van der Waals surface area contributed by atoms with Gasteiger partial charge in [0, 0.05) is 13.1 Å². The molecule has 0 unspecified atom stereocenters. The van der Waals surface area contributed by atoms with Gasteiger partial charge in [0.2, 0.25) is 5.91 Å². The minimum Gasteiger partial charge on any atom is -0.486 e. The molecule has 7 nitrogen and oxygen atoms in total. The number of hydrogen-bond acceptors (Lipinski definition) is 4. The summed E-state index contributed by atoms with van der Waals surface area (Å²) in [5.41, 5.74) is 0.971. The number of nitrogens with zero attached hydrogens (tertiary/aromatic N) is 1. The largest absolute Gasteiger partial charge is 0.486 e. The van der Waals surface area contributed by atoms with E-state index in [-0.39, 0.29) is 24.2 Å². The Hall–Kier alpha value is -3.35. The van der Waals surface area contributed by atoms with Gasteiger partial charge in [-0.1, -0.05) is 62.4 Å². The van der Waals surface area contributed by atoms with Gasteiger partial charge in [-0.05, 0) is 36.5 Å². The predicted molar refractivity (Wildman–Crippen MR) is 122 cm³/mol. The molecule has 3 rings (SSSR count). The van der Waals surface area contributed by atoms with Crippen molar-refractivity contribution in [2.45, 2.75) is 45.3 Å². The summed E-state index contributed by atoms with van der Waals surface area (Å²) < 4.78 is 5.59. The van der Waals surface area contributed by atoms with Crippen LogP contribution in [0.3, 0.4) is 0 Å². The van der Waals surface area contributed by atoms with Crippen LogP contribution in [-0.4, -0.2) is 47.9 Å². The Morgan fingerprint density at radius 1 is 1.03 bits per heavy atom. The van der Waals surface area contributed by atoms with E-state index in [1.807, 2.05) is 62.4 Å². The van der Waals surface area contributed by atoms with Crippen molar-refractivity contribution in [3.05, 3.63) is 66.2 Å². The van der Waals surface area contributed by atoms with Crippen LogP contribution in [0.2, 0.25) is 0 Å². The first-order chi connectivity index (χ1) is 15.5. The number of hydrogen-bond donors (Lipinski definition) is 2. The average molecular weight is 438 g/mol. The van der Waals surface area contributed by atoms with Crippen molar-refractivity contribution < 1.29 is 19.1 Å². The second-order valence-electron chi connectivity index (χ2n) is 8.29. The highest BCUT2D eigenvalue weighted by Crippen LogP contribution is 2.21. The second kappa shape index (κ2) is 11.3. The number of urea groups is 1. The molecule has 1 aliphatic heterocycles. The standard InChI is InChI=1S/C25H31N3O4/c1-18(2)23(27-25(31)26-16-19-10-5-3-6-11-19)24(30)28-15-9-14-21(28)22(29)17-32-20-12-7-4-8-13-20/h3-8,10-13,18,21,23H,9,14-17H2,1-2H3,(H2,26,27,31)/t21-,23-/m0/s1. The number of ether oxygens (including phenoxy) is 1. The van der Waals surface area contributed by atoms with Crippen molar-refractivity contribution in [3.63, 3.8) is 0 Å². The zero-order valence-corrected chi connectivity index (χ0v) is 18.6. The molecule has 1 saturated heterocycles. The highest BCUT2D eigenvalue weighted by Gasteiger charge is 2.38. The fourth-order valence-electron chi connectivity index (χ4n) is 3.80. The van der Waals surface area contributed by atoms with Crippen molar-refractivity contribution in [1.82, 2.24) is 15.5 Å². The number of benzene rings is 2. The molecule has 1 aliphatic rings. The van der Waals surface area contributed by atoms with Gasteiger partial charge in [-0.3, -0.25) is 9.59 Å². The maximum Gasteiger partial charge on any atom is 0.315 e. The SMILES string of the molecule is CC(C)[C@H](NC(=O)NCc1ccccc1)C(=O)N1CCC[C@H]1C(=O)COc1ccccc1. The van der Waals surface area contributed by atoms with E-state index in [2.05, 4.69) is 10.6 Å². The van der Waals surface area contributed by atoms with Crippen LogP contribution in [0.25, 0.3) is 0 Å². The molecule has 2 aromatic rings. The molecule has 2 atom stereocenters. The molecule has 1 fully saturated rings. The van der Waals surface area contributed by atoms with Gasteiger partial charge in [0.15, 0.2) is 5.78 Å². The third-order valence-electron chi connectivity index (χ3n) is 5.55. The van der Waals surface area contributed by atoms with Gasteiger partial charge >= 0.3 is 6.03 Å². The van der Waals surface area contributed by atoms with Gasteiger partial charge in [0.05, 0.1) is 6.04 Å². The average Bonchev–Trinajstić information content (AvgIpc) is 3.30. The van der Waals surface area contributed by atoms with Crippen LogP contribution in [0.15, 0.2) is 60.7 Å². The lowest BCUT2D eigenvalue weighted by molar-refractivity contribution is -0.140. The molecule has 170 valence electrons. The first-order valence-electron chi connectivity index (χ1n) is 11.0. The van der Waals surface area contributed by atoms with Crippen molar-refractivity contribution in [2.24, 2.45) is 5.92 Å². The third-order valence-corrected chi connectivity index (χ3v) is 5.55. The third kappa shape index (κ3) is 6.33. The van der Waals surface area contributed by atoms with Crippen LogP contribution in [0.4, 0.5) is 4.79 Å². The summed E-state index contributed by atoms with van der Waals surface area (Å²) in [5.74, 6) is 0.136. The molecule has 3 amide bonds. The number of rotatable bonds is 9. The lowest BCUT2D eigenvalue weighted by atomic mass is 10.0. The van der Waals surface area contributed by atoms with Crippen LogP contribution in [0, 0.1) is 5.92 Å². The fourth-order valence-corrected chi connectivity index (χ4v) is 3.80. The van der Waals surface area contributed by atoms with E-state index in [1.165, 1.54) is 0 Å². The van der Waals surface area contributed by atoms with Gasteiger partial charge in [-0.15, -0.1) is 0 Å². The molecule has 2 aromatic carbocycles. The zero-order valence-electron chi connectivity index (χ0n) is 18.6. The zero-order chi connectivity index (χ0) is 22.9. The van der Waals surface area contributed by atoms with Gasteiger partial charge < -0.3 is 20.3 Å².